The molecule has 0 unspecified atom stereocenters. The monoisotopic (exact) mass is 422 g/mol. The highest BCUT2D eigenvalue weighted by atomic mass is 16.5. The van der Waals surface area contributed by atoms with E-state index in [0.29, 0.717) is 37.8 Å². The molecule has 0 aliphatic carbocycles. The first-order chi connectivity index (χ1) is 15.0. The minimum atomic E-state index is -0.0591. The molecule has 0 bridgehead atoms. The number of carbonyl (C=O) groups is 1. The molecular formula is C25H30N2O4. The molecule has 1 N–H and O–H groups in total. The van der Waals surface area contributed by atoms with Crippen molar-refractivity contribution < 1.29 is 18.7 Å². The Labute approximate surface area is 183 Å². The van der Waals surface area contributed by atoms with Crippen molar-refractivity contribution in [3.05, 3.63) is 66.2 Å². The van der Waals surface area contributed by atoms with Gasteiger partial charge in [-0.3, -0.25) is 4.79 Å². The van der Waals surface area contributed by atoms with Crippen molar-refractivity contribution in [3.8, 4) is 22.8 Å². The van der Waals surface area contributed by atoms with Crippen LogP contribution in [0.25, 0.3) is 11.3 Å². The molecule has 2 aromatic carbocycles. The highest BCUT2D eigenvalue weighted by Gasteiger charge is 2.09. The average Bonchev–Trinajstić information content (AvgIpc) is 3.25. The van der Waals surface area contributed by atoms with E-state index in [1.165, 1.54) is 5.56 Å². The molecule has 31 heavy (non-hydrogen) atoms. The van der Waals surface area contributed by atoms with Gasteiger partial charge < -0.3 is 19.2 Å². The molecule has 0 aliphatic rings. The molecule has 0 saturated heterocycles. The zero-order valence-electron chi connectivity index (χ0n) is 18.4. The lowest BCUT2D eigenvalue weighted by Crippen LogP contribution is -2.28. The van der Waals surface area contributed by atoms with E-state index in [9.17, 15) is 4.79 Å². The third-order valence-corrected chi connectivity index (χ3v) is 4.75. The molecule has 0 fully saturated rings. The second-order valence-corrected chi connectivity index (χ2v) is 7.79. The standard InChI is InChI=1S/C25H30N2O4/c1-18(2)16-19-4-6-20(7-5-19)23-17-27-25(31-23)13-12-24(28)26-14-15-30-22-10-8-21(29-3)9-11-22/h4-11,17-18H,12-16H2,1-3H3,(H,26,28). The molecule has 3 aromatic rings. The van der Waals surface area contributed by atoms with E-state index in [4.69, 9.17) is 13.9 Å². The molecule has 6 nitrogen and oxygen atoms in total. The highest BCUT2D eigenvalue weighted by Crippen LogP contribution is 2.22. The van der Waals surface area contributed by atoms with Gasteiger partial charge in [0.15, 0.2) is 11.7 Å². The quantitative estimate of drug-likeness (QED) is 0.454. The summed E-state index contributed by atoms with van der Waals surface area (Å²) in [5.41, 5.74) is 2.30. The molecule has 0 atom stereocenters. The van der Waals surface area contributed by atoms with E-state index in [0.717, 1.165) is 29.2 Å². The Morgan fingerprint density at radius 2 is 1.77 bits per heavy atom. The number of nitrogens with one attached hydrogen (secondary N) is 1. The molecule has 0 aliphatic heterocycles. The van der Waals surface area contributed by atoms with Gasteiger partial charge >= 0.3 is 0 Å². The van der Waals surface area contributed by atoms with E-state index < -0.39 is 0 Å². The van der Waals surface area contributed by atoms with Crippen molar-refractivity contribution in [1.29, 1.82) is 0 Å². The number of amides is 1. The fourth-order valence-corrected chi connectivity index (χ4v) is 3.18. The second-order valence-electron chi connectivity index (χ2n) is 7.79. The lowest BCUT2D eigenvalue weighted by Gasteiger charge is -2.08. The summed E-state index contributed by atoms with van der Waals surface area (Å²) in [5, 5.41) is 2.85. The first-order valence-corrected chi connectivity index (χ1v) is 10.6. The number of nitrogens with zero attached hydrogens (tertiary/aromatic N) is 1. The summed E-state index contributed by atoms with van der Waals surface area (Å²) in [6.07, 6.45) is 3.54. The summed E-state index contributed by atoms with van der Waals surface area (Å²) < 4.78 is 16.5. The predicted molar refractivity (Wildman–Crippen MR) is 120 cm³/mol. The summed E-state index contributed by atoms with van der Waals surface area (Å²) in [6, 6.07) is 15.7. The molecule has 1 amide bonds. The first-order valence-electron chi connectivity index (χ1n) is 10.6. The third kappa shape index (κ3) is 7.17. The van der Waals surface area contributed by atoms with Crippen LogP contribution in [-0.2, 0) is 17.6 Å². The molecule has 0 radical (unpaired) electrons. The van der Waals surface area contributed by atoms with Gasteiger partial charge in [0, 0.05) is 18.4 Å². The van der Waals surface area contributed by atoms with Crippen LogP contribution < -0.4 is 14.8 Å². The van der Waals surface area contributed by atoms with E-state index in [-0.39, 0.29) is 5.91 Å². The molecule has 0 saturated carbocycles. The maximum absolute atomic E-state index is 12.1. The van der Waals surface area contributed by atoms with Crippen LogP contribution in [0, 0.1) is 5.92 Å². The Hall–Kier alpha value is -3.28. The van der Waals surface area contributed by atoms with Gasteiger partial charge in [-0.1, -0.05) is 38.1 Å². The van der Waals surface area contributed by atoms with E-state index in [2.05, 4.69) is 48.4 Å². The minimum absolute atomic E-state index is 0.0591. The predicted octanol–water partition coefficient (Wildman–Crippen LogP) is 4.68. The SMILES string of the molecule is COc1ccc(OCCNC(=O)CCc2ncc(-c3ccc(CC(C)C)cc3)o2)cc1. The molecule has 1 heterocycles. The third-order valence-electron chi connectivity index (χ3n) is 4.75. The summed E-state index contributed by atoms with van der Waals surface area (Å²) >= 11 is 0. The Balaban J connectivity index is 1.38. The smallest absolute Gasteiger partial charge is 0.220 e. The van der Waals surface area contributed by atoms with Crippen molar-refractivity contribution in [2.75, 3.05) is 20.3 Å². The number of oxazole rings is 1. The largest absolute Gasteiger partial charge is 0.497 e. The summed E-state index contributed by atoms with van der Waals surface area (Å²) in [4.78, 5) is 16.4. The molecular weight excluding hydrogens is 392 g/mol. The number of aromatic nitrogens is 1. The van der Waals surface area contributed by atoms with Crippen molar-refractivity contribution in [2.24, 2.45) is 5.92 Å². The molecule has 3 rings (SSSR count). The van der Waals surface area contributed by atoms with Gasteiger partial charge in [0.2, 0.25) is 5.91 Å². The van der Waals surface area contributed by atoms with Gasteiger partial charge in [-0.15, -0.1) is 0 Å². The fraction of sp³-hybridized carbons (Fsp3) is 0.360. The van der Waals surface area contributed by atoms with E-state index >= 15 is 0 Å². The zero-order valence-corrected chi connectivity index (χ0v) is 18.4. The number of benzene rings is 2. The number of hydrogen-bond acceptors (Lipinski definition) is 5. The zero-order chi connectivity index (χ0) is 22.1. The lowest BCUT2D eigenvalue weighted by atomic mass is 10.0. The van der Waals surface area contributed by atoms with Crippen molar-refractivity contribution in [2.45, 2.75) is 33.1 Å². The second kappa shape index (κ2) is 11.2. The number of hydrogen-bond donors (Lipinski definition) is 1. The Morgan fingerprint density at radius 3 is 2.45 bits per heavy atom. The lowest BCUT2D eigenvalue weighted by molar-refractivity contribution is -0.121. The van der Waals surface area contributed by atoms with Gasteiger partial charge in [-0.05, 0) is 42.2 Å². The molecule has 164 valence electrons. The number of ether oxygens (including phenoxy) is 2. The van der Waals surface area contributed by atoms with Crippen LogP contribution in [0.1, 0.15) is 31.7 Å². The van der Waals surface area contributed by atoms with Crippen LogP contribution in [0.15, 0.2) is 59.1 Å². The van der Waals surface area contributed by atoms with Crippen molar-refractivity contribution >= 4 is 5.91 Å². The highest BCUT2D eigenvalue weighted by molar-refractivity contribution is 5.76. The number of aryl methyl sites for hydroxylation is 1. The van der Waals surface area contributed by atoms with Crippen LogP contribution in [0.3, 0.4) is 0 Å². The Kier molecular flexibility index (Phi) is 8.10. The minimum Gasteiger partial charge on any atom is -0.497 e. The van der Waals surface area contributed by atoms with E-state index in [1.807, 2.05) is 24.3 Å². The number of methoxy groups -OCH3 is 1. The Morgan fingerprint density at radius 1 is 1.06 bits per heavy atom. The summed E-state index contributed by atoms with van der Waals surface area (Å²) in [5.74, 6) is 3.36. The molecule has 1 aromatic heterocycles. The average molecular weight is 423 g/mol. The van der Waals surface area contributed by atoms with Gasteiger partial charge in [-0.2, -0.15) is 0 Å². The summed E-state index contributed by atoms with van der Waals surface area (Å²) in [7, 11) is 1.62. The Bertz CT molecular complexity index is 946. The van der Waals surface area contributed by atoms with Crippen molar-refractivity contribution in [1.82, 2.24) is 10.3 Å². The first kappa shape index (κ1) is 22.4. The van der Waals surface area contributed by atoms with Gasteiger partial charge in [0.05, 0.1) is 19.9 Å². The van der Waals surface area contributed by atoms with Gasteiger partial charge in [0.25, 0.3) is 0 Å². The topological polar surface area (TPSA) is 73.6 Å². The maximum Gasteiger partial charge on any atom is 0.220 e. The van der Waals surface area contributed by atoms with Gasteiger partial charge in [0.1, 0.15) is 18.1 Å². The van der Waals surface area contributed by atoms with Crippen molar-refractivity contribution in [3.63, 3.8) is 0 Å². The van der Waals surface area contributed by atoms with Crippen LogP contribution in [-0.4, -0.2) is 31.2 Å². The van der Waals surface area contributed by atoms with Crippen LogP contribution >= 0.6 is 0 Å². The number of carbonyl (C=O) groups excluding carboxylic acids is 1. The molecule has 0 spiro atoms. The van der Waals surface area contributed by atoms with Crippen LogP contribution in [0.4, 0.5) is 0 Å². The normalized spacial score (nSPS) is 10.8. The fourth-order valence-electron chi connectivity index (χ4n) is 3.18. The van der Waals surface area contributed by atoms with Gasteiger partial charge in [-0.25, -0.2) is 4.98 Å². The van der Waals surface area contributed by atoms with Crippen LogP contribution in [0.2, 0.25) is 0 Å². The number of rotatable bonds is 11. The summed E-state index contributed by atoms with van der Waals surface area (Å²) in [6.45, 7) is 5.25. The maximum atomic E-state index is 12.1. The van der Waals surface area contributed by atoms with Crippen LogP contribution in [0.5, 0.6) is 11.5 Å². The molecule has 6 heteroatoms. The van der Waals surface area contributed by atoms with E-state index in [1.54, 1.807) is 13.3 Å².